The number of hydrogen-bond acceptors (Lipinski definition) is 4. The maximum absolute atomic E-state index is 12.6. The van der Waals surface area contributed by atoms with E-state index in [4.69, 9.17) is 0 Å². The zero-order valence-corrected chi connectivity index (χ0v) is 15.0. The number of rotatable bonds is 10. The summed E-state index contributed by atoms with van der Waals surface area (Å²) in [5.74, 6) is -1.36. The van der Waals surface area contributed by atoms with Crippen LogP contribution in [-0.2, 0) is 20.8 Å². The van der Waals surface area contributed by atoms with Crippen LogP contribution in [0.1, 0.15) is 25.8 Å². The standard InChI is InChI=1S/C17H24N2O4S/c1-12(2)9-15(19(11-20)24-3)16(21)18-14(17(22)23)10-13-7-5-4-6-8-13/h4-8,11-12,14-15H,9-10H2,1-3H3,(H,18,21)(H,22,23). The van der Waals surface area contributed by atoms with E-state index in [0.717, 1.165) is 17.5 Å². The van der Waals surface area contributed by atoms with Gasteiger partial charge in [-0.05, 0) is 17.9 Å². The normalized spacial score (nSPS) is 13.2. The highest BCUT2D eigenvalue weighted by Crippen LogP contribution is 2.17. The van der Waals surface area contributed by atoms with E-state index >= 15 is 0 Å². The zero-order valence-electron chi connectivity index (χ0n) is 14.1. The molecular formula is C17H24N2O4S. The minimum Gasteiger partial charge on any atom is -0.480 e. The number of carboxylic acids is 1. The molecule has 0 aromatic heterocycles. The first kappa shape index (κ1) is 20.0. The molecule has 2 amide bonds. The van der Waals surface area contributed by atoms with Gasteiger partial charge in [0.25, 0.3) is 0 Å². The summed E-state index contributed by atoms with van der Waals surface area (Å²) in [5, 5.41) is 12.0. The van der Waals surface area contributed by atoms with E-state index in [-0.39, 0.29) is 12.3 Å². The zero-order chi connectivity index (χ0) is 18.1. The number of benzene rings is 1. The van der Waals surface area contributed by atoms with Crippen LogP contribution in [0.25, 0.3) is 0 Å². The van der Waals surface area contributed by atoms with Gasteiger partial charge in [-0.25, -0.2) is 4.79 Å². The van der Waals surface area contributed by atoms with Crippen LogP contribution in [0.15, 0.2) is 30.3 Å². The maximum Gasteiger partial charge on any atom is 0.326 e. The van der Waals surface area contributed by atoms with Gasteiger partial charge < -0.3 is 10.4 Å². The number of aliphatic carboxylic acids is 1. The van der Waals surface area contributed by atoms with E-state index in [1.165, 1.54) is 4.31 Å². The van der Waals surface area contributed by atoms with Gasteiger partial charge in [0, 0.05) is 12.7 Å². The summed E-state index contributed by atoms with van der Waals surface area (Å²) in [6, 6.07) is 7.37. The smallest absolute Gasteiger partial charge is 0.326 e. The molecule has 1 aromatic carbocycles. The highest BCUT2D eigenvalue weighted by atomic mass is 32.2. The Hall–Kier alpha value is -2.02. The number of carbonyl (C=O) groups excluding carboxylic acids is 2. The molecule has 24 heavy (non-hydrogen) atoms. The van der Waals surface area contributed by atoms with Gasteiger partial charge >= 0.3 is 5.97 Å². The number of carboxylic acid groups (broad SMARTS) is 1. The second kappa shape index (κ2) is 9.97. The van der Waals surface area contributed by atoms with Crippen molar-refractivity contribution < 1.29 is 19.5 Å². The Bertz CT molecular complexity index is 551. The van der Waals surface area contributed by atoms with Gasteiger partial charge in [0.2, 0.25) is 12.3 Å². The molecule has 0 saturated carbocycles. The fraction of sp³-hybridized carbons (Fsp3) is 0.471. The molecule has 0 radical (unpaired) electrons. The van der Waals surface area contributed by atoms with E-state index in [1.807, 2.05) is 44.2 Å². The molecule has 1 aromatic rings. The Labute approximate surface area is 146 Å². The molecule has 0 saturated heterocycles. The van der Waals surface area contributed by atoms with Gasteiger partial charge in [0.1, 0.15) is 12.1 Å². The highest BCUT2D eigenvalue weighted by molar-refractivity contribution is 7.96. The van der Waals surface area contributed by atoms with Gasteiger partial charge in [-0.2, -0.15) is 0 Å². The van der Waals surface area contributed by atoms with Gasteiger partial charge in [0.15, 0.2) is 0 Å². The summed E-state index contributed by atoms with van der Waals surface area (Å²) >= 11 is 1.14. The summed E-state index contributed by atoms with van der Waals surface area (Å²) in [7, 11) is 0. The van der Waals surface area contributed by atoms with Gasteiger partial charge in [-0.1, -0.05) is 56.1 Å². The number of amides is 2. The molecule has 2 atom stereocenters. The Morgan fingerprint density at radius 3 is 2.38 bits per heavy atom. The van der Waals surface area contributed by atoms with Crippen LogP contribution in [0.4, 0.5) is 0 Å². The first-order valence-electron chi connectivity index (χ1n) is 7.73. The number of hydrogen-bond donors (Lipinski definition) is 2. The van der Waals surface area contributed by atoms with Crippen molar-refractivity contribution in [3.8, 4) is 0 Å². The van der Waals surface area contributed by atoms with Crippen molar-refractivity contribution in [2.75, 3.05) is 6.26 Å². The fourth-order valence-corrected chi connectivity index (χ4v) is 2.86. The minimum atomic E-state index is -1.10. The van der Waals surface area contributed by atoms with E-state index in [9.17, 15) is 19.5 Å². The Balaban J connectivity index is 2.87. The van der Waals surface area contributed by atoms with Crippen LogP contribution in [0.3, 0.4) is 0 Å². The van der Waals surface area contributed by atoms with Crippen molar-refractivity contribution in [1.29, 1.82) is 0 Å². The number of carbonyl (C=O) groups is 3. The minimum absolute atomic E-state index is 0.188. The summed E-state index contributed by atoms with van der Waals surface area (Å²) in [6.07, 6.45) is 2.96. The monoisotopic (exact) mass is 352 g/mol. The third-order valence-corrected chi connectivity index (χ3v) is 4.28. The molecular weight excluding hydrogens is 328 g/mol. The van der Waals surface area contributed by atoms with Crippen LogP contribution in [0, 0.1) is 5.92 Å². The van der Waals surface area contributed by atoms with Crippen molar-refractivity contribution >= 4 is 30.2 Å². The molecule has 0 heterocycles. The molecule has 0 bridgehead atoms. The maximum atomic E-state index is 12.6. The van der Waals surface area contributed by atoms with Gasteiger partial charge in [-0.15, -0.1) is 0 Å². The predicted molar refractivity (Wildman–Crippen MR) is 94.4 cm³/mol. The van der Waals surface area contributed by atoms with E-state index in [2.05, 4.69) is 5.32 Å². The molecule has 0 fully saturated rings. The third-order valence-electron chi connectivity index (χ3n) is 3.52. The fourth-order valence-electron chi connectivity index (χ4n) is 2.33. The van der Waals surface area contributed by atoms with Crippen LogP contribution >= 0.6 is 11.9 Å². The molecule has 2 unspecified atom stereocenters. The molecule has 132 valence electrons. The lowest BCUT2D eigenvalue weighted by Gasteiger charge is -2.27. The Morgan fingerprint density at radius 1 is 1.29 bits per heavy atom. The predicted octanol–water partition coefficient (Wildman–Crippen LogP) is 1.95. The summed E-state index contributed by atoms with van der Waals surface area (Å²) in [4.78, 5) is 35.2. The number of nitrogens with one attached hydrogen (secondary N) is 1. The van der Waals surface area contributed by atoms with Crippen LogP contribution in [0.5, 0.6) is 0 Å². The van der Waals surface area contributed by atoms with E-state index < -0.39 is 24.0 Å². The Morgan fingerprint density at radius 2 is 1.92 bits per heavy atom. The average Bonchev–Trinajstić information content (AvgIpc) is 2.54. The van der Waals surface area contributed by atoms with Crippen molar-refractivity contribution in [2.45, 2.75) is 38.8 Å². The first-order valence-corrected chi connectivity index (χ1v) is 8.92. The second-order valence-electron chi connectivity index (χ2n) is 5.88. The quantitative estimate of drug-likeness (QED) is 0.496. The SMILES string of the molecule is CSN(C=O)C(CC(C)C)C(=O)NC(Cc1ccccc1)C(=O)O. The summed E-state index contributed by atoms with van der Waals surface area (Å²) < 4.78 is 1.32. The molecule has 2 N–H and O–H groups in total. The molecule has 0 spiro atoms. The number of nitrogens with zero attached hydrogens (tertiary/aromatic N) is 1. The van der Waals surface area contributed by atoms with Crippen molar-refractivity contribution in [3.63, 3.8) is 0 Å². The second-order valence-corrected chi connectivity index (χ2v) is 6.67. The highest BCUT2D eigenvalue weighted by Gasteiger charge is 2.29. The van der Waals surface area contributed by atoms with Crippen molar-refractivity contribution in [1.82, 2.24) is 9.62 Å². The molecule has 0 aliphatic heterocycles. The van der Waals surface area contributed by atoms with Gasteiger partial charge in [0.05, 0.1) is 0 Å². The molecule has 1 rings (SSSR count). The van der Waals surface area contributed by atoms with Crippen LogP contribution < -0.4 is 5.32 Å². The van der Waals surface area contributed by atoms with Crippen LogP contribution in [0.2, 0.25) is 0 Å². The largest absolute Gasteiger partial charge is 0.480 e. The molecule has 0 aliphatic rings. The lowest BCUT2D eigenvalue weighted by Crippen LogP contribution is -2.50. The van der Waals surface area contributed by atoms with Crippen molar-refractivity contribution in [2.24, 2.45) is 5.92 Å². The van der Waals surface area contributed by atoms with E-state index in [1.54, 1.807) is 6.26 Å². The molecule has 6 nitrogen and oxygen atoms in total. The lowest BCUT2D eigenvalue weighted by molar-refractivity contribution is -0.142. The summed E-state index contributed by atoms with van der Waals surface area (Å²) in [5.41, 5.74) is 0.822. The van der Waals surface area contributed by atoms with E-state index in [0.29, 0.717) is 12.8 Å². The third kappa shape index (κ3) is 6.23. The summed E-state index contributed by atoms with van der Waals surface area (Å²) in [6.45, 7) is 3.89. The topological polar surface area (TPSA) is 86.7 Å². The average molecular weight is 352 g/mol. The van der Waals surface area contributed by atoms with Crippen LogP contribution in [-0.4, -0.2) is 46.0 Å². The Kier molecular flexibility index (Phi) is 8.32. The van der Waals surface area contributed by atoms with Crippen molar-refractivity contribution in [3.05, 3.63) is 35.9 Å². The molecule has 0 aliphatic carbocycles. The lowest BCUT2D eigenvalue weighted by atomic mass is 10.0. The molecule has 7 heteroatoms. The van der Waals surface area contributed by atoms with Gasteiger partial charge in [-0.3, -0.25) is 13.9 Å². The first-order chi connectivity index (χ1) is 11.4.